The lowest BCUT2D eigenvalue weighted by molar-refractivity contribution is -0.489. The summed E-state index contributed by atoms with van der Waals surface area (Å²) in [5.74, 6) is -7.48. The van der Waals surface area contributed by atoms with Crippen molar-refractivity contribution in [1.82, 2.24) is 51.7 Å². The molecule has 494 valence electrons. The van der Waals surface area contributed by atoms with Gasteiger partial charge in [0.05, 0.1) is 67.8 Å². The molecule has 2 heterocycles. The van der Waals surface area contributed by atoms with E-state index in [1.165, 1.54) is 66.7 Å². The van der Waals surface area contributed by atoms with Gasteiger partial charge in [0.15, 0.2) is 11.5 Å². The van der Waals surface area contributed by atoms with Crippen molar-refractivity contribution in [2.75, 3.05) is 34.9 Å². The first kappa shape index (κ1) is 69.4. The molecule has 0 saturated heterocycles. The summed E-state index contributed by atoms with van der Waals surface area (Å²) in [5.41, 5.74) is 11.3. The molecule has 6 aromatic carbocycles. The number of phenolic OH excluding ortho intramolecular Hbond substituents is 2. The lowest BCUT2D eigenvalue weighted by atomic mass is 10.1. The molecule has 0 unspecified atom stereocenters. The number of carboxylic acid groups (broad SMARTS) is 2. The molecule has 0 saturated carbocycles. The van der Waals surface area contributed by atoms with E-state index < -0.39 is 120 Å². The van der Waals surface area contributed by atoms with Crippen molar-refractivity contribution in [2.24, 2.45) is 20.5 Å². The summed E-state index contributed by atoms with van der Waals surface area (Å²) in [6, 6.07) is 14.5. The number of hydroxylamine groups is 2. The van der Waals surface area contributed by atoms with Crippen LogP contribution in [0.2, 0.25) is 0 Å². The smallest absolute Gasteiger partial charge is 0.335 e. The number of aliphatic hydroxyl groups is 2. The molecule has 46 heteroatoms. The first-order valence-corrected chi connectivity index (χ1v) is 29.9. The van der Waals surface area contributed by atoms with Crippen LogP contribution in [-0.4, -0.2) is 135 Å². The second-order valence-corrected chi connectivity index (χ2v) is 22.4. The molecule has 18 N–H and O–H groups in total. The number of hydrogen-bond acceptors (Lipinski definition) is 39. The van der Waals surface area contributed by atoms with Gasteiger partial charge in [0.2, 0.25) is 35.6 Å². The lowest BCUT2D eigenvalue weighted by Gasteiger charge is -2.16. The molecule has 0 aliphatic rings. The van der Waals surface area contributed by atoms with Crippen molar-refractivity contribution in [3.05, 3.63) is 96.1 Å². The first-order chi connectivity index (χ1) is 44.9. The maximum atomic E-state index is 13.2. The fourth-order valence-electron chi connectivity index (χ4n) is 7.78. The standard InChI is InChI=1S/C48H44N18O24S4/c67-19-49-85-88-90-91-27-13-23-16-32(93(80,81)82)38(64-60-26-11-7-22(8-12-26)42(75)76)40(72)35(23)29(17-27)51-43-53-45(57-47(77)55-43)65-61-33(69)3-1-2-4-34(70)62-66-46-54-44(56-48(78)58-46)52-30-18-28(94(83,84)86-50-20-68)14-24-15-31(92-89-87-79)37(39(71)36(24)30)63-59-25-9-5-21(6-10-25)41(73)74/h5-18,49-50,67-68,71-72,79H,1-4,19-20H2,(H,61,69)(H,62,70)(H,73,74)(H,75,76)(H,80,81,82)(H3,51,53,55,57,65,77)(H3,52,54,56,58,66,78). The number of benzene rings is 6. The van der Waals surface area contributed by atoms with Crippen LogP contribution in [0.5, 0.6) is 23.5 Å². The molecule has 0 atom stereocenters. The quantitative estimate of drug-likeness (QED) is 0.00476. The Kier molecular flexibility index (Phi) is 23.4. The summed E-state index contributed by atoms with van der Waals surface area (Å²) in [6.45, 7) is -1.63. The minimum absolute atomic E-state index is 0.00343. The number of aliphatic hydroxyl groups excluding tert-OH is 2. The number of amides is 2. The van der Waals surface area contributed by atoms with Gasteiger partial charge in [0, 0.05) is 28.5 Å². The molecular formula is C48H44N18O24S4. The van der Waals surface area contributed by atoms with Crippen LogP contribution in [0.15, 0.2) is 125 Å². The Bertz CT molecular complexity index is 4450. The van der Waals surface area contributed by atoms with Crippen molar-refractivity contribution >= 4 is 148 Å². The third-order valence-electron chi connectivity index (χ3n) is 11.7. The molecule has 0 fully saturated rings. The molecule has 0 spiro atoms. The van der Waals surface area contributed by atoms with Gasteiger partial charge < -0.3 is 51.5 Å². The Morgan fingerprint density at radius 3 is 1.57 bits per heavy atom. The Balaban J connectivity index is 0.923. The zero-order valence-corrected chi connectivity index (χ0v) is 49.9. The number of unbranched alkanes of at least 4 members (excludes halogenated alkanes) is 1. The number of nitrogens with one attached hydrogen (secondary N) is 8. The number of aromatic carboxylic acids is 2. The van der Waals surface area contributed by atoms with Crippen molar-refractivity contribution in [2.45, 2.75) is 45.3 Å². The number of aromatic nitrogens is 6. The number of hydrogen-bond donors (Lipinski definition) is 18. The number of carbonyl (C=O) groups is 4. The fourth-order valence-corrected chi connectivity index (χ4v) is 10.2. The second kappa shape index (κ2) is 31.7. The van der Waals surface area contributed by atoms with Crippen LogP contribution in [0, 0.1) is 0 Å². The number of carbonyl (C=O) groups excluding carboxylic acids is 2. The van der Waals surface area contributed by atoms with Crippen LogP contribution in [0.4, 0.5) is 57.9 Å². The minimum atomic E-state index is -5.18. The maximum absolute atomic E-state index is 13.2. The molecular weight excluding hydrogens is 1340 g/mol. The highest BCUT2D eigenvalue weighted by atomic mass is 32.2. The number of anilines is 6. The van der Waals surface area contributed by atoms with Gasteiger partial charge in [0.1, 0.15) is 29.7 Å². The number of carboxylic acids is 2. The van der Waals surface area contributed by atoms with Crippen LogP contribution in [-0.2, 0) is 57.8 Å². The first-order valence-electron chi connectivity index (χ1n) is 25.5. The summed E-state index contributed by atoms with van der Waals surface area (Å²) < 4.78 is 76.1. The van der Waals surface area contributed by atoms with Gasteiger partial charge in [0.25, 0.3) is 10.1 Å². The Morgan fingerprint density at radius 2 is 1.06 bits per heavy atom. The number of aromatic hydroxyl groups is 4. The van der Waals surface area contributed by atoms with Gasteiger partial charge in [-0.1, -0.05) is 5.04 Å². The summed E-state index contributed by atoms with van der Waals surface area (Å²) in [4.78, 5) is 74.4. The highest BCUT2D eigenvalue weighted by Crippen LogP contribution is 2.49. The molecule has 0 aliphatic heterocycles. The van der Waals surface area contributed by atoms with Crippen LogP contribution in [0.3, 0.4) is 0 Å². The number of nitrogens with zero attached hydrogens (tertiary/aromatic N) is 10. The molecule has 0 radical (unpaired) electrons. The number of fused-ring (bicyclic) bond motifs is 2. The molecule has 94 heavy (non-hydrogen) atoms. The zero-order chi connectivity index (χ0) is 67.7. The van der Waals surface area contributed by atoms with Crippen molar-refractivity contribution < 1.29 is 115 Å². The molecule has 2 aromatic heterocycles. The zero-order valence-electron chi connectivity index (χ0n) is 46.6. The van der Waals surface area contributed by atoms with E-state index in [0.29, 0.717) is 12.0 Å². The third kappa shape index (κ3) is 18.6. The molecule has 2 amide bonds. The fraction of sp³-hybridized carbons (Fsp3) is 0.125. The Morgan fingerprint density at radius 1 is 0.564 bits per heavy atom. The number of azo groups is 2. The monoisotopic (exact) mass is 1380 g/mol. The van der Waals surface area contributed by atoms with E-state index in [1.807, 2.05) is 5.48 Å². The Hall–Kier alpha value is -10.5. The second-order valence-electron chi connectivity index (χ2n) is 17.9. The van der Waals surface area contributed by atoms with Gasteiger partial charge in [-0.05, 0) is 114 Å². The van der Waals surface area contributed by atoms with Gasteiger partial charge in [-0.15, -0.1) is 29.4 Å². The Labute approximate surface area is 532 Å². The highest BCUT2D eigenvalue weighted by Gasteiger charge is 2.27. The van der Waals surface area contributed by atoms with E-state index in [9.17, 15) is 76.3 Å². The SMILES string of the molecule is O=C(CCCCC(=O)NNc1nc(O)nc(Nc2cc(SOOONCO)cc3cc(S(=O)(=O)O)c(N=Nc4ccc(C(=O)O)cc4)c(O)c23)n1)NNc1nc(O)nc(Nc2cc(S(=O)(=O)ONCO)cc3cc(SOOO)c(N=Nc4ccc(C(=O)O)cc4)c(O)c23)n1. The third-order valence-corrected chi connectivity index (χ3v) is 14.9. The molecule has 8 aromatic rings. The average Bonchev–Trinajstić information content (AvgIpc) is 0.762. The number of rotatable bonds is 33. The van der Waals surface area contributed by atoms with E-state index in [1.54, 1.807) is 5.48 Å². The van der Waals surface area contributed by atoms with Gasteiger partial charge in [-0.25, -0.2) is 14.8 Å². The summed E-state index contributed by atoms with van der Waals surface area (Å²) in [6.07, 6.45) is -0.280. The average molecular weight is 1390 g/mol. The van der Waals surface area contributed by atoms with Gasteiger partial charge in [-0.2, -0.15) is 66.7 Å². The lowest BCUT2D eigenvalue weighted by Crippen LogP contribution is -2.31. The van der Waals surface area contributed by atoms with E-state index in [0.717, 1.165) is 18.2 Å². The van der Waals surface area contributed by atoms with E-state index in [4.69, 9.17) is 14.7 Å². The van der Waals surface area contributed by atoms with Crippen molar-refractivity contribution in [1.29, 1.82) is 0 Å². The van der Waals surface area contributed by atoms with Crippen LogP contribution in [0.25, 0.3) is 21.5 Å². The van der Waals surface area contributed by atoms with E-state index >= 15 is 0 Å². The minimum Gasteiger partial charge on any atom is -0.505 e. The number of hydrazine groups is 2. The summed E-state index contributed by atoms with van der Waals surface area (Å²) in [7, 11) is -9.94. The molecule has 0 aliphatic carbocycles. The predicted molar refractivity (Wildman–Crippen MR) is 316 cm³/mol. The maximum Gasteiger partial charge on any atom is 0.335 e. The van der Waals surface area contributed by atoms with Crippen molar-refractivity contribution in [3.63, 3.8) is 0 Å². The van der Waals surface area contributed by atoms with Crippen LogP contribution >= 0.6 is 24.1 Å². The number of phenols is 2. The van der Waals surface area contributed by atoms with E-state index in [-0.39, 0.29) is 109 Å². The summed E-state index contributed by atoms with van der Waals surface area (Å²) in [5, 5.41) is 118. The van der Waals surface area contributed by atoms with Gasteiger partial charge in [-0.3, -0.25) is 35.8 Å². The largest absolute Gasteiger partial charge is 0.505 e. The summed E-state index contributed by atoms with van der Waals surface area (Å²) >= 11 is 0.723. The van der Waals surface area contributed by atoms with E-state index in [2.05, 4.69) is 106 Å². The molecule has 8 rings (SSSR count). The normalized spacial score (nSPS) is 11.7. The topological polar surface area (TPSA) is 617 Å². The highest BCUT2D eigenvalue weighted by molar-refractivity contribution is 7.95. The van der Waals surface area contributed by atoms with Crippen LogP contribution in [0.1, 0.15) is 46.4 Å². The predicted octanol–water partition coefficient (Wildman–Crippen LogP) is 5.22. The van der Waals surface area contributed by atoms with Gasteiger partial charge >= 0.3 is 34.1 Å². The van der Waals surface area contributed by atoms with Crippen LogP contribution < -0.4 is 43.3 Å². The molecule has 0 bridgehead atoms. The van der Waals surface area contributed by atoms with Crippen molar-refractivity contribution in [3.8, 4) is 23.5 Å². The molecule has 42 nitrogen and oxygen atoms in total.